The van der Waals surface area contributed by atoms with Gasteiger partial charge >= 0.3 is 21.7 Å². The van der Waals surface area contributed by atoms with E-state index >= 15 is 0 Å². The summed E-state index contributed by atoms with van der Waals surface area (Å²) in [5.74, 6) is 0.621. The van der Waals surface area contributed by atoms with Crippen molar-refractivity contribution < 1.29 is 31.9 Å². The number of benzene rings is 2. The van der Waals surface area contributed by atoms with E-state index in [1.807, 2.05) is 86.6 Å². The zero-order valence-corrected chi connectivity index (χ0v) is 20.3. The van der Waals surface area contributed by atoms with Crippen LogP contribution in [0.2, 0.25) is 0 Å². The zero-order valence-electron chi connectivity index (χ0n) is 18.8. The number of aromatic hydroxyl groups is 2. The van der Waals surface area contributed by atoms with Crippen LogP contribution >= 0.6 is 0 Å². The van der Waals surface area contributed by atoms with Gasteiger partial charge < -0.3 is 20.0 Å². The molecule has 0 spiro atoms. The van der Waals surface area contributed by atoms with Crippen molar-refractivity contribution >= 4 is 11.4 Å². The average Bonchev–Trinajstić information content (AvgIpc) is 3.48. The number of anilines is 2. The summed E-state index contributed by atoms with van der Waals surface area (Å²) in [7, 11) is 7.86. The molecule has 0 fully saturated rings. The van der Waals surface area contributed by atoms with Crippen LogP contribution in [0.4, 0.5) is 11.4 Å². The quantitative estimate of drug-likeness (QED) is 0.465. The van der Waals surface area contributed by atoms with Crippen LogP contribution in [-0.2, 0) is 21.7 Å². The second-order valence-electron chi connectivity index (χ2n) is 6.83. The average molecular weight is 452 g/mol. The van der Waals surface area contributed by atoms with Gasteiger partial charge in [0.25, 0.3) is 0 Å². The second kappa shape index (κ2) is 17.0. The van der Waals surface area contributed by atoms with Crippen LogP contribution in [0.25, 0.3) is 0 Å². The summed E-state index contributed by atoms with van der Waals surface area (Å²) in [6.45, 7) is 0. The van der Waals surface area contributed by atoms with Gasteiger partial charge in [0.2, 0.25) is 0 Å². The SMILES string of the molecule is CN(C)c1ccc(O)cc1.CN(C)c1ccc(O)cc1.[C-]1=CC=CC1.[C-]1=CC=CC1.[Ti+2]. The zero-order chi connectivity index (χ0) is 22.2. The molecule has 31 heavy (non-hydrogen) atoms. The van der Waals surface area contributed by atoms with E-state index in [0.29, 0.717) is 11.5 Å². The fourth-order valence-corrected chi connectivity index (χ4v) is 2.18. The van der Waals surface area contributed by atoms with E-state index in [1.165, 1.54) is 0 Å². The molecule has 0 aromatic heterocycles. The Morgan fingerprint density at radius 2 is 0.935 bits per heavy atom. The van der Waals surface area contributed by atoms with Crippen LogP contribution in [0, 0.1) is 12.2 Å². The summed E-state index contributed by atoms with van der Waals surface area (Å²) >= 11 is 0. The molecule has 2 aromatic rings. The number of hydrogen-bond donors (Lipinski definition) is 2. The Labute approximate surface area is 202 Å². The predicted octanol–water partition coefficient (Wildman–Crippen LogP) is 5.53. The fourth-order valence-electron chi connectivity index (χ4n) is 2.18. The molecule has 2 aliphatic carbocycles. The van der Waals surface area contributed by atoms with Crippen molar-refractivity contribution in [2.24, 2.45) is 0 Å². The largest absolute Gasteiger partial charge is 2.00 e. The Balaban J connectivity index is 0.000000401. The van der Waals surface area contributed by atoms with Crippen LogP contribution in [0.3, 0.4) is 0 Å². The molecule has 2 aliphatic rings. The summed E-state index contributed by atoms with van der Waals surface area (Å²) in [6.07, 6.45) is 20.0. The molecule has 0 radical (unpaired) electrons. The molecule has 0 bridgehead atoms. The molecule has 0 amide bonds. The third kappa shape index (κ3) is 14.0. The minimum absolute atomic E-state index is 0. The maximum absolute atomic E-state index is 8.92. The Kier molecular flexibility index (Phi) is 15.6. The van der Waals surface area contributed by atoms with E-state index in [1.54, 1.807) is 24.3 Å². The minimum atomic E-state index is 0. The summed E-state index contributed by atoms with van der Waals surface area (Å²) in [4.78, 5) is 3.97. The third-order valence-corrected chi connectivity index (χ3v) is 3.90. The maximum Gasteiger partial charge on any atom is 2.00 e. The summed E-state index contributed by atoms with van der Waals surface area (Å²) in [5.41, 5.74) is 2.19. The molecular weight excluding hydrogens is 420 g/mol. The second-order valence-corrected chi connectivity index (χ2v) is 6.83. The number of nitrogens with zero attached hydrogens (tertiary/aromatic N) is 2. The third-order valence-electron chi connectivity index (χ3n) is 3.90. The van der Waals surface area contributed by atoms with Crippen molar-refractivity contribution in [1.29, 1.82) is 0 Å². The smallest absolute Gasteiger partial charge is 0.508 e. The van der Waals surface area contributed by atoms with Gasteiger partial charge in [0, 0.05) is 39.6 Å². The van der Waals surface area contributed by atoms with Crippen LogP contribution in [-0.4, -0.2) is 38.4 Å². The van der Waals surface area contributed by atoms with Gasteiger partial charge in [-0.1, -0.05) is 0 Å². The first-order valence-corrected chi connectivity index (χ1v) is 9.76. The number of phenols is 2. The first-order chi connectivity index (χ1) is 14.4. The van der Waals surface area contributed by atoms with E-state index in [9.17, 15) is 0 Å². The first kappa shape index (κ1) is 28.3. The summed E-state index contributed by atoms with van der Waals surface area (Å²) in [5, 5.41) is 17.8. The van der Waals surface area contributed by atoms with Gasteiger partial charge in [-0.3, -0.25) is 12.2 Å². The Hall–Kier alpha value is -2.69. The van der Waals surface area contributed by atoms with E-state index < -0.39 is 0 Å². The molecule has 0 heterocycles. The Morgan fingerprint density at radius 3 is 1.10 bits per heavy atom. The normalized spacial score (nSPS) is 11.7. The van der Waals surface area contributed by atoms with E-state index in [4.69, 9.17) is 10.2 Å². The number of hydrogen-bond acceptors (Lipinski definition) is 4. The van der Waals surface area contributed by atoms with Crippen LogP contribution in [0.1, 0.15) is 12.8 Å². The summed E-state index contributed by atoms with van der Waals surface area (Å²) in [6, 6.07) is 14.2. The van der Waals surface area contributed by atoms with E-state index in [-0.39, 0.29) is 21.7 Å². The van der Waals surface area contributed by atoms with Crippen molar-refractivity contribution in [1.82, 2.24) is 0 Å². The Morgan fingerprint density at radius 1 is 0.613 bits per heavy atom. The molecular formula is C26H32N2O2Ti. The molecule has 5 heteroatoms. The topological polar surface area (TPSA) is 46.9 Å². The van der Waals surface area contributed by atoms with Crippen LogP contribution < -0.4 is 9.80 Å². The van der Waals surface area contributed by atoms with Gasteiger partial charge in [0.1, 0.15) is 11.5 Å². The molecule has 0 unspecified atom stereocenters. The standard InChI is InChI=1S/2C8H11NO.2C5H5.Ti/c2*1-9(2)7-3-5-8(10)6-4-7;2*1-2-4-5-3-1;/h2*3-6,10H,1-2H3;2*1-3H,4H2;/q;;2*-1;+2. The first-order valence-electron chi connectivity index (χ1n) is 9.76. The van der Waals surface area contributed by atoms with Crippen LogP contribution in [0.15, 0.2) is 85.0 Å². The predicted molar refractivity (Wildman–Crippen MR) is 128 cm³/mol. The number of allylic oxidation sites excluding steroid dienone is 8. The van der Waals surface area contributed by atoms with E-state index in [2.05, 4.69) is 24.3 Å². The van der Waals surface area contributed by atoms with Crippen LogP contribution in [0.5, 0.6) is 11.5 Å². The van der Waals surface area contributed by atoms with Gasteiger partial charge in [0.05, 0.1) is 0 Å². The van der Waals surface area contributed by atoms with Gasteiger partial charge in [-0.2, -0.15) is 12.2 Å². The maximum atomic E-state index is 8.92. The van der Waals surface area contributed by atoms with Crippen molar-refractivity contribution in [2.45, 2.75) is 12.8 Å². The molecule has 0 saturated carbocycles. The Bertz CT molecular complexity index is 730. The molecule has 0 saturated heterocycles. The molecule has 162 valence electrons. The molecule has 2 N–H and O–H groups in total. The monoisotopic (exact) mass is 452 g/mol. The molecule has 0 aliphatic heterocycles. The van der Waals surface area contributed by atoms with Gasteiger partial charge in [0.15, 0.2) is 0 Å². The van der Waals surface area contributed by atoms with E-state index in [0.717, 1.165) is 24.2 Å². The number of phenolic OH excluding ortho intramolecular Hbond substituents is 2. The molecule has 2 aromatic carbocycles. The molecule has 4 rings (SSSR count). The van der Waals surface area contributed by atoms with Crippen molar-refractivity contribution in [3.05, 3.63) is 97.1 Å². The van der Waals surface area contributed by atoms with Gasteiger partial charge in [-0.05, 0) is 48.5 Å². The number of rotatable bonds is 2. The summed E-state index contributed by atoms with van der Waals surface area (Å²) < 4.78 is 0. The van der Waals surface area contributed by atoms with Crippen molar-refractivity contribution in [2.75, 3.05) is 38.0 Å². The molecule has 4 nitrogen and oxygen atoms in total. The minimum Gasteiger partial charge on any atom is -0.508 e. The van der Waals surface area contributed by atoms with Crippen molar-refractivity contribution in [3.8, 4) is 11.5 Å². The fraction of sp³-hybridized carbons (Fsp3) is 0.231. The molecule has 0 atom stereocenters. The van der Waals surface area contributed by atoms with Gasteiger partial charge in [-0.25, -0.2) is 24.3 Å². The van der Waals surface area contributed by atoms with Gasteiger partial charge in [-0.15, -0.1) is 12.8 Å². The van der Waals surface area contributed by atoms with Crippen molar-refractivity contribution in [3.63, 3.8) is 0 Å².